The number of rotatable bonds is 26. The molecule has 1 atom stereocenters. The molecule has 0 heterocycles. The molecule has 0 spiro atoms. The summed E-state index contributed by atoms with van der Waals surface area (Å²) in [6.45, 7) is 4.04. The molecule has 0 aliphatic carbocycles. The Morgan fingerprint density at radius 3 is 1.54 bits per heavy atom. The number of unbranched alkanes of at least 4 members (excludes halogenated alkanes) is 14. The first kappa shape index (κ1) is 33.3. The third kappa shape index (κ3) is 23.8. The minimum absolute atomic E-state index is 0.00981. The number of aliphatic carboxylic acids is 1. The summed E-state index contributed by atoms with van der Waals surface area (Å²) >= 11 is 0. The molecule has 0 aromatic heterocycles. The highest BCUT2D eigenvalue weighted by Gasteiger charge is 2.20. The molecule has 0 aliphatic rings. The Morgan fingerprint density at radius 2 is 1.11 bits per heavy atom. The third-order valence-electron chi connectivity index (χ3n) is 6.68. The van der Waals surface area contributed by atoms with E-state index in [9.17, 15) is 24.3 Å². The fourth-order valence-corrected chi connectivity index (χ4v) is 4.38. The molecule has 6 heteroatoms. The van der Waals surface area contributed by atoms with Crippen LogP contribution >= 0.6 is 0 Å². The fourth-order valence-electron chi connectivity index (χ4n) is 4.38. The average Bonchev–Trinajstić information content (AvgIpc) is 2.82. The SMILES string of the molecule is CCC(=O)NCCCCC(CC(=O)CCCCCCCCCCCCCCCCC(C)=O)C(=O)O. The predicted molar refractivity (Wildman–Crippen MR) is 142 cm³/mol. The van der Waals surface area contributed by atoms with E-state index in [0.29, 0.717) is 38.0 Å². The van der Waals surface area contributed by atoms with Crippen molar-refractivity contribution in [1.29, 1.82) is 0 Å². The van der Waals surface area contributed by atoms with Crippen LogP contribution in [-0.4, -0.2) is 35.1 Å². The Labute approximate surface area is 214 Å². The second-order valence-electron chi connectivity index (χ2n) is 10.1. The van der Waals surface area contributed by atoms with E-state index in [4.69, 9.17) is 0 Å². The number of hydrogen-bond donors (Lipinski definition) is 2. The molecule has 0 aliphatic heterocycles. The zero-order valence-electron chi connectivity index (χ0n) is 22.7. The summed E-state index contributed by atoms with van der Waals surface area (Å²) in [5.74, 6) is -1.11. The summed E-state index contributed by atoms with van der Waals surface area (Å²) in [7, 11) is 0. The minimum Gasteiger partial charge on any atom is -0.481 e. The Bertz CT molecular complexity index is 575. The van der Waals surface area contributed by atoms with Crippen molar-refractivity contribution in [2.24, 2.45) is 5.92 Å². The van der Waals surface area contributed by atoms with Crippen molar-refractivity contribution in [3.8, 4) is 0 Å². The van der Waals surface area contributed by atoms with Crippen LogP contribution in [0.25, 0.3) is 0 Å². The molecular weight excluding hydrogens is 442 g/mol. The Morgan fingerprint density at radius 1 is 0.657 bits per heavy atom. The van der Waals surface area contributed by atoms with Crippen LogP contribution in [0.3, 0.4) is 0 Å². The summed E-state index contributed by atoms with van der Waals surface area (Å²) in [6, 6.07) is 0. The van der Waals surface area contributed by atoms with Crippen LogP contribution < -0.4 is 5.32 Å². The lowest BCUT2D eigenvalue weighted by molar-refractivity contribution is -0.144. The summed E-state index contributed by atoms with van der Waals surface area (Å²) < 4.78 is 0. The minimum atomic E-state index is -0.888. The molecule has 0 saturated heterocycles. The second kappa shape index (κ2) is 24.0. The van der Waals surface area contributed by atoms with Gasteiger partial charge >= 0.3 is 5.97 Å². The largest absolute Gasteiger partial charge is 0.481 e. The molecule has 0 saturated carbocycles. The monoisotopic (exact) mass is 495 g/mol. The zero-order chi connectivity index (χ0) is 26.2. The van der Waals surface area contributed by atoms with Crippen molar-refractivity contribution in [2.75, 3.05) is 6.54 Å². The molecule has 35 heavy (non-hydrogen) atoms. The maximum Gasteiger partial charge on any atom is 0.306 e. The standard InChI is InChI=1S/C29H53NO5/c1-3-28(33)30-23-19-18-21-26(29(34)35)24-27(32)22-17-15-13-11-9-7-5-4-6-8-10-12-14-16-20-25(2)31/h26H,3-24H2,1-2H3,(H,30,33)(H,34,35). The molecule has 1 amide bonds. The number of Topliss-reactive ketones (excluding diaryl/α,β-unsaturated/α-hetero) is 2. The van der Waals surface area contributed by atoms with Crippen molar-refractivity contribution >= 4 is 23.4 Å². The van der Waals surface area contributed by atoms with Gasteiger partial charge in [-0.1, -0.05) is 90.4 Å². The van der Waals surface area contributed by atoms with Crippen molar-refractivity contribution in [2.45, 2.75) is 149 Å². The Balaban J connectivity index is 3.53. The van der Waals surface area contributed by atoms with Gasteiger partial charge in [-0.3, -0.25) is 14.4 Å². The maximum atomic E-state index is 12.2. The summed E-state index contributed by atoms with van der Waals surface area (Å²) in [5.41, 5.74) is 0. The number of carboxylic acids is 1. The van der Waals surface area contributed by atoms with Crippen LogP contribution in [0.5, 0.6) is 0 Å². The third-order valence-corrected chi connectivity index (χ3v) is 6.68. The highest BCUT2D eigenvalue weighted by atomic mass is 16.4. The highest BCUT2D eigenvalue weighted by molar-refractivity contribution is 5.83. The molecule has 2 N–H and O–H groups in total. The van der Waals surface area contributed by atoms with Gasteiger partial charge in [0.15, 0.2) is 0 Å². The number of nitrogens with one attached hydrogen (secondary N) is 1. The number of carbonyl (C=O) groups excluding carboxylic acids is 3. The van der Waals surface area contributed by atoms with Gasteiger partial charge in [0.05, 0.1) is 5.92 Å². The van der Waals surface area contributed by atoms with Crippen molar-refractivity contribution in [1.82, 2.24) is 5.32 Å². The molecule has 1 unspecified atom stereocenters. The molecule has 0 rings (SSSR count). The van der Waals surface area contributed by atoms with E-state index in [1.54, 1.807) is 13.8 Å². The van der Waals surface area contributed by atoms with Crippen LogP contribution in [-0.2, 0) is 19.2 Å². The van der Waals surface area contributed by atoms with Gasteiger partial charge < -0.3 is 15.2 Å². The van der Waals surface area contributed by atoms with Gasteiger partial charge in [0.1, 0.15) is 11.6 Å². The topological polar surface area (TPSA) is 101 Å². The fraction of sp³-hybridized carbons (Fsp3) is 0.862. The van der Waals surface area contributed by atoms with E-state index in [1.807, 2.05) is 0 Å². The van der Waals surface area contributed by atoms with Crippen LogP contribution in [0.1, 0.15) is 149 Å². The molecule has 204 valence electrons. The van der Waals surface area contributed by atoms with Crippen LogP contribution in [0.15, 0.2) is 0 Å². The van der Waals surface area contributed by atoms with Gasteiger partial charge in [-0.15, -0.1) is 0 Å². The van der Waals surface area contributed by atoms with E-state index < -0.39 is 11.9 Å². The summed E-state index contributed by atoms with van der Waals surface area (Å²) in [5, 5.41) is 12.2. The molecule has 0 fully saturated rings. The molecule has 0 radical (unpaired) electrons. The van der Waals surface area contributed by atoms with Gasteiger partial charge in [-0.2, -0.15) is 0 Å². The van der Waals surface area contributed by atoms with Crippen LogP contribution in [0.4, 0.5) is 0 Å². The molecule has 0 aromatic carbocycles. The summed E-state index contributed by atoms with van der Waals surface area (Å²) in [4.78, 5) is 45.7. The lowest BCUT2D eigenvalue weighted by Gasteiger charge is -2.12. The normalized spacial score (nSPS) is 11.8. The van der Waals surface area contributed by atoms with E-state index >= 15 is 0 Å². The lowest BCUT2D eigenvalue weighted by atomic mass is 9.94. The second-order valence-corrected chi connectivity index (χ2v) is 10.1. The number of ketones is 2. The molecule has 0 bridgehead atoms. The van der Waals surface area contributed by atoms with E-state index in [2.05, 4.69) is 5.32 Å². The maximum absolute atomic E-state index is 12.2. The zero-order valence-corrected chi connectivity index (χ0v) is 22.7. The first-order chi connectivity index (χ1) is 16.9. The summed E-state index contributed by atoms with van der Waals surface area (Å²) in [6.07, 6.45) is 20.6. The smallest absolute Gasteiger partial charge is 0.306 e. The van der Waals surface area contributed by atoms with Gasteiger partial charge in [-0.25, -0.2) is 0 Å². The average molecular weight is 496 g/mol. The number of amides is 1. The Kier molecular flexibility index (Phi) is 22.8. The van der Waals surface area contributed by atoms with Crippen molar-refractivity contribution in [3.05, 3.63) is 0 Å². The molecule has 0 aromatic rings. The first-order valence-corrected chi connectivity index (χ1v) is 14.4. The van der Waals surface area contributed by atoms with Crippen molar-refractivity contribution in [3.63, 3.8) is 0 Å². The number of carboxylic acid groups (broad SMARTS) is 1. The lowest BCUT2D eigenvalue weighted by Crippen LogP contribution is -2.23. The van der Waals surface area contributed by atoms with Crippen LogP contribution in [0.2, 0.25) is 0 Å². The quantitative estimate of drug-likeness (QED) is 0.124. The van der Waals surface area contributed by atoms with Gasteiger partial charge in [-0.05, 0) is 32.6 Å². The first-order valence-electron chi connectivity index (χ1n) is 14.4. The van der Waals surface area contributed by atoms with Crippen molar-refractivity contribution < 1.29 is 24.3 Å². The molecule has 6 nitrogen and oxygen atoms in total. The van der Waals surface area contributed by atoms with Gasteiger partial charge in [0.2, 0.25) is 5.91 Å². The number of hydrogen-bond acceptors (Lipinski definition) is 4. The Hall–Kier alpha value is -1.72. The van der Waals surface area contributed by atoms with E-state index in [1.165, 1.54) is 64.2 Å². The highest BCUT2D eigenvalue weighted by Crippen LogP contribution is 2.17. The molecular formula is C29H53NO5. The van der Waals surface area contributed by atoms with Gasteiger partial charge in [0.25, 0.3) is 0 Å². The number of carbonyl (C=O) groups is 4. The predicted octanol–water partition coefficient (Wildman–Crippen LogP) is 7.17. The van der Waals surface area contributed by atoms with E-state index in [0.717, 1.165) is 38.5 Å². The van der Waals surface area contributed by atoms with Gasteiger partial charge in [0, 0.05) is 32.2 Å². The van der Waals surface area contributed by atoms with Crippen LogP contribution in [0, 0.1) is 5.92 Å². The van der Waals surface area contributed by atoms with E-state index in [-0.39, 0.29) is 18.1 Å².